The minimum Gasteiger partial charge on any atom is -0.378 e. The quantitative estimate of drug-likeness (QED) is 0.696. The Labute approximate surface area is 164 Å². The Morgan fingerprint density at radius 1 is 1.39 bits per heavy atom. The maximum absolute atomic E-state index is 13.4. The Morgan fingerprint density at radius 2 is 2.18 bits per heavy atom. The van der Waals surface area contributed by atoms with E-state index in [2.05, 4.69) is 10.1 Å². The number of hydrogen-bond acceptors (Lipinski definition) is 6. The van der Waals surface area contributed by atoms with E-state index in [9.17, 15) is 9.18 Å². The lowest BCUT2D eigenvalue weighted by Gasteiger charge is -2.32. The summed E-state index contributed by atoms with van der Waals surface area (Å²) in [5, 5.41) is 3.93. The fraction of sp³-hybridized carbons (Fsp3) is 0.550. The number of aromatic nitrogens is 2. The van der Waals surface area contributed by atoms with Crippen LogP contribution in [0.2, 0.25) is 0 Å². The van der Waals surface area contributed by atoms with Gasteiger partial charge in [0.25, 0.3) is 0 Å². The number of nitrogens with two attached hydrogens (primary N) is 1. The van der Waals surface area contributed by atoms with E-state index in [1.54, 1.807) is 19.1 Å². The van der Waals surface area contributed by atoms with E-state index in [1.807, 2.05) is 4.90 Å². The van der Waals surface area contributed by atoms with Crippen molar-refractivity contribution >= 4 is 5.91 Å². The first kappa shape index (κ1) is 20.4. The molecule has 2 heterocycles. The molecule has 152 valence electrons. The maximum Gasteiger partial charge on any atom is 0.227 e. The van der Waals surface area contributed by atoms with Gasteiger partial charge in [-0.05, 0) is 56.5 Å². The first-order valence-electron chi connectivity index (χ1n) is 9.75. The van der Waals surface area contributed by atoms with Gasteiger partial charge in [-0.15, -0.1) is 0 Å². The predicted octanol–water partition coefficient (Wildman–Crippen LogP) is 2.47. The maximum atomic E-state index is 13.4. The van der Waals surface area contributed by atoms with Crippen LogP contribution in [0.4, 0.5) is 4.39 Å². The normalized spacial score (nSPS) is 15.2. The van der Waals surface area contributed by atoms with Gasteiger partial charge in [0.1, 0.15) is 5.82 Å². The second-order valence-electron chi connectivity index (χ2n) is 7.07. The average Bonchev–Trinajstić information content (AvgIpc) is 3.18. The van der Waals surface area contributed by atoms with Crippen LogP contribution in [0, 0.1) is 12.7 Å². The summed E-state index contributed by atoms with van der Waals surface area (Å²) in [5.74, 6) is 0.621. The average molecular weight is 390 g/mol. The lowest BCUT2D eigenvalue weighted by Crippen LogP contribution is -2.41. The number of nitrogens with zero attached hydrogens (tertiary/aromatic N) is 3. The van der Waals surface area contributed by atoms with Gasteiger partial charge in [-0.3, -0.25) is 4.79 Å². The summed E-state index contributed by atoms with van der Waals surface area (Å²) in [5.41, 5.74) is 6.68. The van der Waals surface area contributed by atoms with E-state index >= 15 is 0 Å². The molecule has 0 radical (unpaired) electrons. The second kappa shape index (κ2) is 9.75. The van der Waals surface area contributed by atoms with Crippen LogP contribution >= 0.6 is 0 Å². The molecule has 1 aliphatic heterocycles. The van der Waals surface area contributed by atoms with Crippen molar-refractivity contribution in [1.82, 2.24) is 15.0 Å². The Hall–Kier alpha value is -2.32. The monoisotopic (exact) mass is 390 g/mol. The van der Waals surface area contributed by atoms with Crippen molar-refractivity contribution in [2.45, 2.75) is 45.1 Å². The van der Waals surface area contributed by atoms with Crippen LogP contribution in [-0.2, 0) is 16.0 Å². The predicted molar refractivity (Wildman–Crippen MR) is 102 cm³/mol. The van der Waals surface area contributed by atoms with Gasteiger partial charge in [-0.1, -0.05) is 5.16 Å². The van der Waals surface area contributed by atoms with Crippen LogP contribution in [0.5, 0.6) is 0 Å². The van der Waals surface area contributed by atoms with Crippen LogP contribution in [0.25, 0.3) is 11.4 Å². The highest BCUT2D eigenvalue weighted by molar-refractivity contribution is 5.76. The number of likely N-dealkylation sites (tertiary alicyclic amines) is 1. The number of aryl methyl sites for hydroxylation is 2. The van der Waals surface area contributed by atoms with Gasteiger partial charge in [0, 0.05) is 38.1 Å². The minimum atomic E-state index is -0.272. The van der Waals surface area contributed by atoms with Gasteiger partial charge >= 0.3 is 0 Å². The molecule has 0 spiro atoms. The highest BCUT2D eigenvalue weighted by Crippen LogP contribution is 2.20. The third-order valence-electron chi connectivity index (χ3n) is 4.93. The van der Waals surface area contributed by atoms with Crippen LogP contribution in [0.3, 0.4) is 0 Å². The topological polar surface area (TPSA) is 94.5 Å². The molecule has 1 amide bonds. The van der Waals surface area contributed by atoms with E-state index in [0.29, 0.717) is 61.9 Å². The summed E-state index contributed by atoms with van der Waals surface area (Å²) in [6.07, 6.45) is 3.49. The van der Waals surface area contributed by atoms with Gasteiger partial charge in [0.05, 0.1) is 6.10 Å². The molecule has 0 unspecified atom stereocenters. The third-order valence-corrected chi connectivity index (χ3v) is 4.93. The first-order valence-corrected chi connectivity index (χ1v) is 9.75. The fourth-order valence-electron chi connectivity index (χ4n) is 3.23. The molecule has 0 bridgehead atoms. The zero-order valence-corrected chi connectivity index (χ0v) is 16.2. The van der Waals surface area contributed by atoms with Crippen LogP contribution in [0.15, 0.2) is 22.7 Å². The SMILES string of the molecule is Cc1cc(-c2noc(CCC(=O)N3CCC(OCCCN)CC3)n2)ccc1F. The number of rotatable bonds is 8. The Kier molecular flexibility index (Phi) is 7.11. The highest BCUT2D eigenvalue weighted by atomic mass is 19.1. The molecule has 3 rings (SSSR count). The fourth-order valence-corrected chi connectivity index (χ4v) is 3.23. The van der Waals surface area contributed by atoms with E-state index < -0.39 is 0 Å². The van der Waals surface area contributed by atoms with Gasteiger partial charge in [-0.25, -0.2) is 4.39 Å². The molecular formula is C20H27FN4O3. The van der Waals surface area contributed by atoms with Crippen LogP contribution < -0.4 is 5.73 Å². The molecule has 2 N–H and O–H groups in total. The number of carbonyl (C=O) groups is 1. The molecule has 8 heteroatoms. The first-order chi connectivity index (χ1) is 13.6. The Bertz CT molecular complexity index is 788. The van der Waals surface area contributed by atoms with Gasteiger partial charge in [0.15, 0.2) is 0 Å². The van der Waals surface area contributed by atoms with Crippen LogP contribution in [0.1, 0.15) is 37.1 Å². The molecule has 1 aliphatic rings. The van der Waals surface area contributed by atoms with Gasteiger partial charge in [0.2, 0.25) is 17.6 Å². The molecule has 0 aliphatic carbocycles. The molecule has 7 nitrogen and oxygen atoms in total. The summed E-state index contributed by atoms with van der Waals surface area (Å²) in [6, 6.07) is 4.67. The summed E-state index contributed by atoms with van der Waals surface area (Å²) in [4.78, 5) is 18.6. The standard InChI is InChI=1S/C20H27FN4O3/c1-14-13-15(3-4-17(14)21)20-23-18(28-24-20)5-6-19(26)25-10-7-16(8-11-25)27-12-2-9-22/h3-4,13,16H,2,5-12,22H2,1H3. The number of benzene rings is 1. The largest absolute Gasteiger partial charge is 0.378 e. The van der Waals surface area contributed by atoms with Crippen molar-refractivity contribution in [1.29, 1.82) is 0 Å². The molecule has 0 atom stereocenters. The zero-order chi connectivity index (χ0) is 19.9. The van der Waals surface area contributed by atoms with Gasteiger partial charge in [-0.2, -0.15) is 4.98 Å². The summed E-state index contributed by atoms with van der Waals surface area (Å²) >= 11 is 0. The number of ether oxygens (including phenoxy) is 1. The molecule has 1 aromatic carbocycles. The van der Waals surface area contributed by atoms with E-state index in [0.717, 1.165) is 19.3 Å². The Balaban J connectivity index is 1.45. The minimum absolute atomic E-state index is 0.0813. The zero-order valence-electron chi connectivity index (χ0n) is 16.2. The Morgan fingerprint density at radius 3 is 2.89 bits per heavy atom. The molecule has 28 heavy (non-hydrogen) atoms. The van der Waals surface area contributed by atoms with Gasteiger partial charge < -0.3 is 19.9 Å². The molecule has 1 aromatic heterocycles. The van der Waals surface area contributed by atoms with E-state index in [-0.39, 0.29) is 17.8 Å². The van der Waals surface area contributed by atoms with E-state index in [1.165, 1.54) is 6.07 Å². The van der Waals surface area contributed by atoms with Crippen molar-refractivity contribution in [3.8, 4) is 11.4 Å². The van der Waals surface area contributed by atoms with Crippen molar-refractivity contribution in [3.63, 3.8) is 0 Å². The number of halogens is 1. The molecule has 1 fully saturated rings. The van der Waals surface area contributed by atoms with E-state index in [4.69, 9.17) is 15.0 Å². The van der Waals surface area contributed by atoms with Crippen molar-refractivity contribution in [3.05, 3.63) is 35.5 Å². The number of hydrogen-bond donors (Lipinski definition) is 1. The summed E-state index contributed by atoms with van der Waals surface area (Å²) < 4.78 is 24.4. The highest BCUT2D eigenvalue weighted by Gasteiger charge is 2.23. The molecule has 2 aromatic rings. The van der Waals surface area contributed by atoms with Crippen molar-refractivity contribution in [2.24, 2.45) is 5.73 Å². The van der Waals surface area contributed by atoms with Crippen molar-refractivity contribution in [2.75, 3.05) is 26.2 Å². The molecule has 1 saturated heterocycles. The summed E-state index contributed by atoms with van der Waals surface area (Å²) in [7, 11) is 0. The number of amides is 1. The molecule has 0 saturated carbocycles. The smallest absolute Gasteiger partial charge is 0.227 e. The number of piperidine rings is 1. The number of carbonyl (C=O) groups excluding carboxylic acids is 1. The third kappa shape index (κ3) is 5.36. The summed E-state index contributed by atoms with van der Waals surface area (Å²) in [6.45, 7) is 4.41. The lowest BCUT2D eigenvalue weighted by molar-refractivity contribution is -0.133. The lowest BCUT2D eigenvalue weighted by atomic mass is 10.1. The molecular weight excluding hydrogens is 363 g/mol. The van der Waals surface area contributed by atoms with Crippen LogP contribution in [-0.4, -0.2) is 53.3 Å². The second-order valence-corrected chi connectivity index (χ2v) is 7.07. The van der Waals surface area contributed by atoms with Crippen molar-refractivity contribution < 1.29 is 18.4 Å².